The molecule has 23 heavy (non-hydrogen) atoms. The van der Waals surface area contributed by atoms with Gasteiger partial charge in [0.25, 0.3) is 0 Å². The molecule has 2 aromatic rings. The number of halogens is 2. The molecule has 1 aromatic heterocycles. The molecule has 0 saturated heterocycles. The largest absolute Gasteiger partial charge is 0.331 e. The molecule has 0 aliphatic rings. The fourth-order valence-corrected chi connectivity index (χ4v) is 2.15. The summed E-state index contributed by atoms with van der Waals surface area (Å²) in [6.07, 6.45) is 3.38. The Kier molecular flexibility index (Phi) is 5.00. The van der Waals surface area contributed by atoms with Crippen molar-refractivity contribution in [2.24, 2.45) is 7.05 Å². The molecular formula is C15H16ClFN4O2. The molecule has 0 unspecified atom stereocenters. The molecule has 0 fully saturated rings. The van der Waals surface area contributed by atoms with Crippen LogP contribution in [0, 0.1) is 5.82 Å². The number of nitrogens with one attached hydrogen (secondary N) is 1. The number of hydrogen-bond donors (Lipinski definition) is 1. The van der Waals surface area contributed by atoms with Crippen LogP contribution < -0.4 is 5.32 Å². The number of rotatable bonds is 3. The summed E-state index contributed by atoms with van der Waals surface area (Å²) in [4.78, 5) is 25.5. The molecule has 0 bridgehead atoms. The van der Waals surface area contributed by atoms with Crippen molar-refractivity contribution in [3.63, 3.8) is 0 Å². The summed E-state index contributed by atoms with van der Waals surface area (Å²) in [5.41, 5.74) is 0.840. The van der Waals surface area contributed by atoms with E-state index in [0.29, 0.717) is 0 Å². The van der Waals surface area contributed by atoms with Crippen molar-refractivity contribution >= 4 is 29.1 Å². The van der Waals surface area contributed by atoms with Gasteiger partial charge in [-0.3, -0.25) is 14.3 Å². The van der Waals surface area contributed by atoms with Gasteiger partial charge in [-0.25, -0.2) is 4.39 Å². The average molecular weight is 339 g/mol. The molecule has 2 amide bonds. The van der Waals surface area contributed by atoms with Gasteiger partial charge in [0.1, 0.15) is 5.82 Å². The molecule has 122 valence electrons. The first-order valence-corrected chi connectivity index (χ1v) is 7.19. The van der Waals surface area contributed by atoms with E-state index in [1.165, 1.54) is 18.0 Å². The topological polar surface area (TPSA) is 67.2 Å². The minimum Gasteiger partial charge on any atom is -0.331 e. The third-order valence-electron chi connectivity index (χ3n) is 3.48. The minimum atomic E-state index is -0.893. The molecule has 2 rings (SSSR count). The van der Waals surface area contributed by atoms with Gasteiger partial charge in [0.15, 0.2) is 0 Å². The zero-order valence-corrected chi connectivity index (χ0v) is 13.6. The van der Waals surface area contributed by atoms with E-state index in [-0.39, 0.29) is 16.8 Å². The van der Waals surface area contributed by atoms with E-state index in [4.69, 9.17) is 11.6 Å². The maximum atomic E-state index is 13.2. The number of hydrogen-bond acceptors (Lipinski definition) is 3. The van der Waals surface area contributed by atoms with Crippen LogP contribution in [0.2, 0.25) is 5.02 Å². The lowest BCUT2D eigenvalue weighted by Crippen LogP contribution is -2.38. The molecule has 1 aromatic carbocycles. The van der Waals surface area contributed by atoms with Crippen molar-refractivity contribution in [1.29, 1.82) is 0 Å². The second kappa shape index (κ2) is 6.78. The molecule has 1 atom stereocenters. The van der Waals surface area contributed by atoms with Gasteiger partial charge in [-0.05, 0) is 25.1 Å². The SMILES string of the molecule is C[C@H](c1cnn(C)c1)N(C)C(=O)C(=O)Nc1cc(F)ccc1Cl. The summed E-state index contributed by atoms with van der Waals surface area (Å²) in [6.45, 7) is 1.78. The molecule has 1 N–H and O–H groups in total. The van der Waals surface area contributed by atoms with Gasteiger partial charge >= 0.3 is 11.8 Å². The molecule has 0 spiro atoms. The molecular weight excluding hydrogens is 323 g/mol. The smallest absolute Gasteiger partial charge is 0.313 e. The van der Waals surface area contributed by atoms with Gasteiger partial charge in [-0.15, -0.1) is 0 Å². The van der Waals surface area contributed by atoms with Crippen LogP contribution >= 0.6 is 11.6 Å². The van der Waals surface area contributed by atoms with Crippen molar-refractivity contribution in [1.82, 2.24) is 14.7 Å². The third kappa shape index (κ3) is 3.87. The van der Waals surface area contributed by atoms with Gasteiger partial charge in [-0.2, -0.15) is 5.10 Å². The Morgan fingerprint density at radius 3 is 2.74 bits per heavy atom. The van der Waals surface area contributed by atoms with Crippen LogP contribution in [0.25, 0.3) is 0 Å². The predicted molar refractivity (Wildman–Crippen MR) is 84.4 cm³/mol. The molecule has 0 radical (unpaired) electrons. The Morgan fingerprint density at radius 1 is 1.43 bits per heavy atom. The van der Waals surface area contributed by atoms with Crippen LogP contribution in [0.15, 0.2) is 30.6 Å². The highest BCUT2D eigenvalue weighted by atomic mass is 35.5. The Labute approximate surface area is 137 Å². The van der Waals surface area contributed by atoms with Crippen LogP contribution in [0.3, 0.4) is 0 Å². The summed E-state index contributed by atoms with van der Waals surface area (Å²) in [6, 6.07) is 3.18. The Morgan fingerprint density at radius 2 is 2.13 bits per heavy atom. The Balaban J connectivity index is 2.09. The first-order chi connectivity index (χ1) is 10.8. The average Bonchev–Trinajstić information content (AvgIpc) is 2.95. The zero-order chi connectivity index (χ0) is 17.1. The highest BCUT2D eigenvalue weighted by molar-refractivity contribution is 6.41. The normalized spacial score (nSPS) is 11.9. The molecule has 0 aliphatic carbocycles. The highest BCUT2D eigenvalue weighted by Crippen LogP contribution is 2.23. The van der Waals surface area contributed by atoms with Crippen LogP contribution in [-0.2, 0) is 16.6 Å². The summed E-state index contributed by atoms with van der Waals surface area (Å²) >= 11 is 5.87. The van der Waals surface area contributed by atoms with E-state index >= 15 is 0 Å². The molecule has 1 heterocycles. The number of aromatic nitrogens is 2. The number of nitrogens with zero attached hydrogens (tertiary/aromatic N) is 3. The highest BCUT2D eigenvalue weighted by Gasteiger charge is 2.25. The van der Waals surface area contributed by atoms with Gasteiger partial charge in [0, 0.05) is 25.9 Å². The van der Waals surface area contributed by atoms with Crippen molar-refractivity contribution in [3.8, 4) is 0 Å². The van der Waals surface area contributed by atoms with Crippen LogP contribution in [0.4, 0.5) is 10.1 Å². The fraction of sp³-hybridized carbons (Fsp3) is 0.267. The first-order valence-electron chi connectivity index (χ1n) is 6.81. The molecule has 8 heteroatoms. The van der Waals surface area contributed by atoms with Crippen LogP contribution in [0.1, 0.15) is 18.5 Å². The van der Waals surface area contributed by atoms with Crippen molar-refractivity contribution < 1.29 is 14.0 Å². The molecule has 0 saturated carbocycles. The third-order valence-corrected chi connectivity index (χ3v) is 3.81. The fourth-order valence-electron chi connectivity index (χ4n) is 1.98. The zero-order valence-electron chi connectivity index (χ0n) is 12.9. The monoisotopic (exact) mass is 338 g/mol. The molecule has 0 aliphatic heterocycles. The second-order valence-corrected chi connectivity index (χ2v) is 5.52. The number of benzene rings is 1. The van der Waals surface area contributed by atoms with Crippen LogP contribution in [-0.4, -0.2) is 33.5 Å². The maximum absolute atomic E-state index is 13.2. The number of carbonyl (C=O) groups is 2. The summed E-state index contributed by atoms with van der Waals surface area (Å²) in [7, 11) is 3.27. The van der Waals surface area contributed by atoms with Crippen LogP contribution in [0.5, 0.6) is 0 Å². The quantitative estimate of drug-likeness (QED) is 0.874. The summed E-state index contributed by atoms with van der Waals surface area (Å²) in [5.74, 6) is -2.22. The Hall–Kier alpha value is -2.41. The van der Waals surface area contributed by atoms with E-state index in [1.54, 1.807) is 31.0 Å². The van der Waals surface area contributed by atoms with Gasteiger partial charge in [0.2, 0.25) is 0 Å². The van der Waals surface area contributed by atoms with E-state index in [9.17, 15) is 14.0 Å². The first kappa shape index (κ1) is 17.0. The Bertz CT molecular complexity index is 747. The van der Waals surface area contributed by atoms with Gasteiger partial charge in [0.05, 0.1) is 22.9 Å². The van der Waals surface area contributed by atoms with Gasteiger partial charge < -0.3 is 10.2 Å². The van der Waals surface area contributed by atoms with E-state index < -0.39 is 17.6 Å². The number of amides is 2. The standard InChI is InChI=1S/C15H16ClFN4O2/c1-9(10-7-18-20(2)8-10)21(3)15(23)14(22)19-13-6-11(17)4-5-12(13)16/h4-9H,1-3H3,(H,19,22)/t9-/m1/s1. The lowest BCUT2D eigenvalue weighted by molar-refractivity contribution is -0.143. The summed E-state index contributed by atoms with van der Waals surface area (Å²) < 4.78 is 14.8. The van der Waals surface area contributed by atoms with E-state index in [1.807, 2.05) is 0 Å². The number of anilines is 1. The summed E-state index contributed by atoms with van der Waals surface area (Å²) in [5, 5.41) is 6.50. The number of likely N-dealkylation sites (N-methyl/N-ethyl adjacent to an activating group) is 1. The number of aryl methyl sites for hydroxylation is 1. The minimum absolute atomic E-state index is 0.0486. The maximum Gasteiger partial charge on any atom is 0.313 e. The van der Waals surface area contributed by atoms with Crippen molar-refractivity contribution in [3.05, 3.63) is 47.0 Å². The van der Waals surface area contributed by atoms with Gasteiger partial charge in [-0.1, -0.05) is 11.6 Å². The lowest BCUT2D eigenvalue weighted by atomic mass is 10.1. The van der Waals surface area contributed by atoms with Crippen molar-refractivity contribution in [2.75, 3.05) is 12.4 Å². The second-order valence-electron chi connectivity index (χ2n) is 5.12. The van der Waals surface area contributed by atoms with E-state index in [0.717, 1.165) is 17.7 Å². The lowest BCUT2D eigenvalue weighted by Gasteiger charge is -2.23. The number of carbonyl (C=O) groups excluding carboxylic acids is 2. The van der Waals surface area contributed by atoms with Crippen molar-refractivity contribution in [2.45, 2.75) is 13.0 Å². The molecule has 6 nitrogen and oxygen atoms in total. The predicted octanol–water partition coefficient (Wildman–Crippen LogP) is 2.37. The van der Waals surface area contributed by atoms with E-state index in [2.05, 4.69) is 10.4 Å².